The van der Waals surface area contributed by atoms with E-state index in [1.54, 1.807) is 0 Å². The second-order valence-corrected chi connectivity index (χ2v) is 10.8. The van der Waals surface area contributed by atoms with Gasteiger partial charge in [0, 0.05) is 5.56 Å². The molecule has 0 atom stereocenters. The normalized spacial score (nSPS) is 11.8. The third-order valence-electron chi connectivity index (χ3n) is 5.46. The Kier molecular flexibility index (Phi) is 8.76. The molecule has 11 heteroatoms. The predicted octanol–water partition coefficient (Wildman–Crippen LogP) is 5.75. The van der Waals surface area contributed by atoms with Gasteiger partial charge in [0.05, 0.1) is 35.6 Å². The van der Waals surface area contributed by atoms with Crippen LogP contribution in [-0.2, 0) is 22.7 Å². The third kappa shape index (κ3) is 7.62. The van der Waals surface area contributed by atoms with E-state index in [-0.39, 0.29) is 36.3 Å². The molecular formula is C26H26ClF3N2O4S. The van der Waals surface area contributed by atoms with E-state index in [4.69, 9.17) is 16.3 Å². The molecule has 1 N–H and O–H groups in total. The molecular weight excluding hydrogens is 529 g/mol. The summed E-state index contributed by atoms with van der Waals surface area (Å²) in [6.45, 7) is 4.19. The number of hydrogen-bond donors (Lipinski definition) is 1. The monoisotopic (exact) mass is 554 g/mol. The summed E-state index contributed by atoms with van der Waals surface area (Å²) >= 11 is 6.06. The Balaban J connectivity index is 1.66. The van der Waals surface area contributed by atoms with E-state index in [0.29, 0.717) is 17.2 Å². The van der Waals surface area contributed by atoms with Crippen LogP contribution in [0.15, 0.2) is 60.7 Å². The number of carbonyl (C=O) groups is 1. The molecule has 0 radical (unpaired) electrons. The number of rotatable bonds is 9. The molecule has 0 spiro atoms. The molecule has 0 saturated heterocycles. The highest BCUT2D eigenvalue weighted by Gasteiger charge is 2.32. The average Bonchev–Trinajstić information content (AvgIpc) is 2.81. The molecule has 0 aliphatic heterocycles. The molecule has 0 aromatic heterocycles. The molecule has 198 valence electrons. The van der Waals surface area contributed by atoms with Crippen LogP contribution < -0.4 is 14.4 Å². The SMILES string of the molecule is Cc1ccc(OCCNC(=O)c2ccc(CN(c3cc(C(F)(F)F)ccc3Cl)S(C)(=O)=O)cc2)c(C)c1. The van der Waals surface area contributed by atoms with Gasteiger partial charge in [-0.15, -0.1) is 0 Å². The molecule has 6 nitrogen and oxygen atoms in total. The topological polar surface area (TPSA) is 75.7 Å². The lowest BCUT2D eigenvalue weighted by molar-refractivity contribution is -0.137. The van der Waals surface area contributed by atoms with Crippen LogP contribution in [0.25, 0.3) is 0 Å². The summed E-state index contributed by atoms with van der Waals surface area (Å²) in [5, 5.41) is 2.60. The third-order valence-corrected chi connectivity index (χ3v) is 6.91. The van der Waals surface area contributed by atoms with Gasteiger partial charge in [0.1, 0.15) is 12.4 Å². The second kappa shape index (κ2) is 11.4. The van der Waals surface area contributed by atoms with Crippen molar-refractivity contribution in [3.8, 4) is 5.75 Å². The number of alkyl halides is 3. The molecule has 0 unspecified atom stereocenters. The Morgan fingerprint density at radius 2 is 1.70 bits per heavy atom. The Morgan fingerprint density at radius 1 is 1.03 bits per heavy atom. The number of benzene rings is 3. The maximum atomic E-state index is 13.2. The number of anilines is 1. The summed E-state index contributed by atoms with van der Waals surface area (Å²) < 4.78 is 70.9. The molecule has 0 aliphatic rings. The van der Waals surface area contributed by atoms with Crippen LogP contribution >= 0.6 is 11.6 Å². The fraction of sp³-hybridized carbons (Fsp3) is 0.269. The summed E-state index contributed by atoms with van der Waals surface area (Å²) in [7, 11) is -3.98. The minimum absolute atomic E-state index is 0.141. The van der Waals surface area contributed by atoms with Crippen LogP contribution in [0.5, 0.6) is 5.75 Å². The lowest BCUT2D eigenvalue weighted by atomic mass is 10.1. The number of halogens is 4. The van der Waals surface area contributed by atoms with Crippen LogP contribution in [-0.4, -0.2) is 33.7 Å². The van der Waals surface area contributed by atoms with Gasteiger partial charge in [-0.05, 0) is 61.4 Å². The first kappa shape index (κ1) is 28.3. The smallest absolute Gasteiger partial charge is 0.416 e. The molecule has 37 heavy (non-hydrogen) atoms. The largest absolute Gasteiger partial charge is 0.491 e. The quantitative estimate of drug-likeness (QED) is 0.342. The van der Waals surface area contributed by atoms with Gasteiger partial charge in [0.2, 0.25) is 10.0 Å². The molecule has 0 aliphatic carbocycles. The fourth-order valence-corrected chi connectivity index (χ4v) is 4.74. The minimum atomic E-state index is -4.67. The number of carbonyl (C=O) groups excluding carboxylic acids is 1. The van der Waals surface area contributed by atoms with Crippen molar-refractivity contribution in [2.45, 2.75) is 26.6 Å². The molecule has 0 fully saturated rings. The van der Waals surface area contributed by atoms with Gasteiger partial charge in [0.25, 0.3) is 5.91 Å². The first-order valence-corrected chi connectivity index (χ1v) is 13.4. The van der Waals surface area contributed by atoms with Crippen molar-refractivity contribution in [2.75, 3.05) is 23.7 Å². The van der Waals surface area contributed by atoms with Crippen molar-refractivity contribution < 1.29 is 31.1 Å². The second-order valence-electron chi connectivity index (χ2n) is 8.50. The maximum absolute atomic E-state index is 13.2. The Hall–Kier alpha value is -3.24. The lowest BCUT2D eigenvalue weighted by Crippen LogP contribution is -2.30. The van der Waals surface area contributed by atoms with Crippen LogP contribution in [0.2, 0.25) is 5.02 Å². The van der Waals surface area contributed by atoms with Crippen LogP contribution in [0.4, 0.5) is 18.9 Å². The number of nitrogens with zero attached hydrogens (tertiary/aromatic N) is 1. The van der Waals surface area contributed by atoms with Crippen molar-refractivity contribution in [3.05, 3.63) is 93.5 Å². The van der Waals surface area contributed by atoms with E-state index >= 15 is 0 Å². The van der Waals surface area contributed by atoms with Crippen LogP contribution in [0.1, 0.15) is 32.6 Å². The Bertz CT molecular complexity index is 1380. The highest BCUT2D eigenvalue weighted by molar-refractivity contribution is 7.92. The van der Waals surface area contributed by atoms with E-state index in [0.717, 1.165) is 39.6 Å². The first-order valence-electron chi connectivity index (χ1n) is 11.2. The Labute approximate surface area is 219 Å². The van der Waals surface area contributed by atoms with Gasteiger partial charge in [-0.2, -0.15) is 13.2 Å². The van der Waals surface area contributed by atoms with Gasteiger partial charge in [-0.25, -0.2) is 8.42 Å². The molecule has 3 rings (SSSR count). The molecule has 0 saturated carbocycles. The zero-order valence-corrected chi connectivity index (χ0v) is 22.0. The van der Waals surface area contributed by atoms with Crippen LogP contribution in [0.3, 0.4) is 0 Å². The number of nitrogens with one attached hydrogen (secondary N) is 1. The van der Waals surface area contributed by atoms with Gasteiger partial charge in [-0.3, -0.25) is 9.10 Å². The van der Waals surface area contributed by atoms with E-state index in [1.807, 2.05) is 32.0 Å². The van der Waals surface area contributed by atoms with Gasteiger partial charge in [-0.1, -0.05) is 41.4 Å². The van der Waals surface area contributed by atoms with Crippen molar-refractivity contribution >= 4 is 33.2 Å². The molecule has 3 aromatic carbocycles. The fourth-order valence-electron chi connectivity index (χ4n) is 3.58. The number of amides is 1. The zero-order valence-electron chi connectivity index (χ0n) is 20.4. The van der Waals surface area contributed by atoms with E-state index in [9.17, 15) is 26.4 Å². The predicted molar refractivity (Wildman–Crippen MR) is 138 cm³/mol. The van der Waals surface area contributed by atoms with Crippen LogP contribution in [0, 0.1) is 13.8 Å². The van der Waals surface area contributed by atoms with E-state index in [1.165, 1.54) is 24.3 Å². The van der Waals surface area contributed by atoms with E-state index in [2.05, 4.69) is 5.32 Å². The molecule has 0 bridgehead atoms. The molecule has 0 heterocycles. The summed E-state index contributed by atoms with van der Waals surface area (Å²) in [5.74, 6) is 0.386. The lowest BCUT2D eigenvalue weighted by Gasteiger charge is -2.24. The maximum Gasteiger partial charge on any atom is 0.416 e. The van der Waals surface area contributed by atoms with Gasteiger partial charge < -0.3 is 10.1 Å². The minimum Gasteiger partial charge on any atom is -0.491 e. The van der Waals surface area contributed by atoms with Gasteiger partial charge in [0.15, 0.2) is 0 Å². The van der Waals surface area contributed by atoms with Crippen molar-refractivity contribution in [3.63, 3.8) is 0 Å². The van der Waals surface area contributed by atoms with Crippen molar-refractivity contribution in [1.29, 1.82) is 0 Å². The molecule has 3 aromatic rings. The van der Waals surface area contributed by atoms with Crippen molar-refractivity contribution in [1.82, 2.24) is 5.32 Å². The standard InChI is InChI=1S/C26H26ClF3N2O4S/c1-17-4-11-24(18(2)14-17)36-13-12-31-25(33)20-7-5-19(6-8-20)16-32(37(3,34)35)23-15-21(26(28,29)30)9-10-22(23)27/h4-11,14-15H,12-13,16H2,1-3H3,(H,31,33). The zero-order chi connectivity index (χ0) is 27.4. The number of ether oxygens (including phenoxy) is 1. The summed E-state index contributed by atoms with van der Waals surface area (Å²) in [5.41, 5.74) is 1.60. The Morgan fingerprint density at radius 3 is 2.30 bits per heavy atom. The van der Waals surface area contributed by atoms with Crippen molar-refractivity contribution in [2.24, 2.45) is 0 Å². The van der Waals surface area contributed by atoms with E-state index < -0.39 is 21.8 Å². The number of sulfonamides is 1. The molecule has 1 amide bonds. The first-order chi connectivity index (χ1) is 17.3. The highest BCUT2D eigenvalue weighted by Crippen LogP contribution is 2.36. The number of aryl methyl sites for hydroxylation is 2. The highest BCUT2D eigenvalue weighted by atomic mass is 35.5. The number of hydrogen-bond acceptors (Lipinski definition) is 4. The summed E-state index contributed by atoms with van der Waals surface area (Å²) in [4.78, 5) is 12.5. The summed E-state index contributed by atoms with van der Waals surface area (Å²) in [6.07, 6.45) is -3.78. The summed E-state index contributed by atoms with van der Waals surface area (Å²) in [6, 6.07) is 14.4. The average molecular weight is 555 g/mol. The van der Waals surface area contributed by atoms with Gasteiger partial charge >= 0.3 is 6.18 Å².